The number of nitrogens with zero attached hydrogens (tertiary/aromatic N) is 2. The molecule has 4 heteroatoms. The van der Waals surface area contributed by atoms with Gasteiger partial charge in [-0.05, 0) is 55.5 Å². The van der Waals surface area contributed by atoms with Gasteiger partial charge < -0.3 is 9.97 Å². The fraction of sp³-hybridized carbons (Fsp3) is 0.304. The highest BCUT2D eigenvalue weighted by atomic mass is 15.0. The molecule has 0 unspecified atom stereocenters. The van der Waals surface area contributed by atoms with Crippen LogP contribution >= 0.6 is 0 Å². The van der Waals surface area contributed by atoms with Gasteiger partial charge in [0.15, 0.2) is 5.65 Å². The molecule has 4 aromatic rings. The van der Waals surface area contributed by atoms with Crippen molar-refractivity contribution in [3.05, 3.63) is 54.0 Å². The summed E-state index contributed by atoms with van der Waals surface area (Å²) in [5.74, 6) is 1.64. The fourth-order valence-corrected chi connectivity index (χ4v) is 4.22. The lowest BCUT2D eigenvalue weighted by Crippen LogP contribution is -2.02. The Labute approximate surface area is 158 Å². The van der Waals surface area contributed by atoms with Crippen molar-refractivity contribution in [3.63, 3.8) is 0 Å². The molecule has 5 rings (SSSR count). The summed E-state index contributed by atoms with van der Waals surface area (Å²) in [6, 6.07) is 10.9. The average molecular weight is 356 g/mol. The van der Waals surface area contributed by atoms with Gasteiger partial charge in [-0.3, -0.25) is 0 Å². The number of aromatic amines is 2. The van der Waals surface area contributed by atoms with Crippen LogP contribution in [0.1, 0.15) is 43.5 Å². The molecule has 0 aliphatic heterocycles. The zero-order chi connectivity index (χ0) is 18.2. The van der Waals surface area contributed by atoms with Crippen molar-refractivity contribution >= 4 is 28.1 Å². The van der Waals surface area contributed by atoms with Crippen molar-refractivity contribution in [2.24, 2.45) is 5.92 Å². The summed E-state index contributed by atoms with van der Waals surface area (Å²) in [6.45, 7) is 1.96. The Kier molecular flexibility index (Phi) is 4.04. The van der Waals surface area contributed by atoms with Crippen LogP contribution in [0.5, 0.6) is 0 Å². The number of fused-ring (bicyclic) bond motifs is 2. The third kappa shape index (κ3) is 3.16. The van der Waals surface area contributed by atoms with Gasteiger partial charge in [0.1, 0.15) is 5.82 Å². The maximum Gasteiger partial charge on any atom is 0.178 e. The lowest BCUT2D eigenvalue weighted by atomic mass is 9.89. The second-order valence-electron chi connectivity index (χ2n) is 7.67. The number of aromatic nitrogens is 4. The van der Waals surface area contributed by atoms with Gasteiger partial charge in [0.2, 0.25) is 0 Å². The molecule has 1 fully saturated rings. The number of hydrogen-bond acceptors (Lipinski definition) is 2. The molecule has 0 saturated heterocycles. The molecule has 0 atom stereocenters. The van der Waals surface area contributed by atoms with Gasteiger partial charge in [-0.15, -0.1) is 0 Å². The van der Waals surface area contributed by atoms with Gasteiger partial charge >= 0.3 is 0 Å². The number of H-pyrrole nitrogens is 2. The summed E-state index contributed by atoms with van der Waals surface area (Å²) < 4.78 is 0. The summed E-state index contributed by atoms with van der Waals surface area (Å²) in [7, 11) is 0. The summed E-state index contributed by atoms with van der Waals surface area (Å²) in [6.07, 6.45) is 13.4. The number of imidazole rings is 1. The Morgan fingerprint density at radius 2 is 1.93 bits per heavy atom. The Morgan fingerprint density at radius 1 is 1.04 bits per heavy atom. The molecule has 1 aromatic carbocycles. The minimum atomic E-state index is 0.755. The first-order valence-corrected chi connectivity index (χ1v) is 9.89. The molecular weight excluding hydrogens is 332 g/mol. The van der Waals surface area contributed by atoms with Crippen molar-refractivity contribution in [1.82, 2.24) is 19.9 Å². The van der Waals surface area contributed by atoms with E-state index < -0.39 is 0 Å². The molecule has 3 heterocycles. The molecule has 1 aliphatic carbocycles. The van der Waals surface area contributed by atoms with Crippen LogP contribution in [0, 0.1) is 12.8 Å². The minimum Gasteiger partial charge on any atom is -0.354 e. The SMILES string of the molecule is Cc1nc2nccc(-c3cc4cc(/C=C/C5CCCCC5)ccc4[nH]3)c2[nH]1. The number of allylic oxidation sites excluding steroid dienone is 1. The van der Waals surface area contributed by atoms with Gasteiger partial charge in [0, 0.05) is 28.4 Å². The molecule has 27 heavy (non-hydrogen) atoms. The largest absolute Gasteiger partial charge is 0.354 e. The minimum absolute atomic E-state index is 0.755. The number of aryl methyl sites for hydroxylation is 1. The average Bonchev–Trinajstić information content (AvgIpc) is 3.28. The van der Waals surface area contributed by atoms with Gasteiger partial charge in [-0.1, -0.05) is 37.5 Å². The third-order valence-corrected chi connectivity index (χ3v) is 5.66. The van der Waals surface area contributed by atoms with Crippen LogP contribution in [0.3, 0.4) is 0 Å². The number of rotatable bonds is 3. The maximum absolute atomic E-state index is 4.45. The molecule has 4 nitrogen and oxygen atoms in total. The van der Waals surface area contributed by atoms with E-state index >= 15 is 0 Å². The third-order valence-electron chi connectivity index (χ3n) is 5.66. The Bertz CT molecular complexity index is 1130. The van der Waals surface area contributed by atoms with Gasteiger partial charge in [0.05, 0.1) is 5.52 Å². The van der Waals surface area contributed by atoms with Crippen molar-refractivity contribution in [2.75, 3.05) is 0 Å². The highest BCUT2D eigenvalue weighted by Gasteiger charge is 2.12. The quantitative estimate of drug-likeness (QED) is 0.472. The van der Waals surface area contributed by atoms with Crippen LogP contribution < -0.4 is 0 Å². The lowest BCUT2D eigenvalue weighted by Gasteiger charge is -2.17. The van der Waals surface area contributed by atoms with Crippen molar-refractivity contribution in [2.45, 2.75) is 39.0 Å². The van der Waals surface area contributed by atoms with Crippen molar-refractivity contribution in [3.8, 4) is 11.3 Å². The summed E-state index contributed by atoms with van der Waals surface area (Å²) in [4.78, 5) is 15.7. The maximum atomic E-state index is 4.45. The lowest BCUT2D eigenvalue weighted by molar-refractivity contribution is 0.420. The number of hydrogen-bond donors (Lipinski definition) is 2. The Hall–Kier alpha value is -2.88. The van der Waals surface area contributed by atoms with Gasteiger partial charge in [0.25, 0.3) is 0 Å². The van der Waals surface area contributed by atoms with E-state index in [0.29, 0.717) is 0 Å². The first kappa shape index (κ1) is 16.3. The smallest absolute Gasteiger partial charge is 0.178 e. The molecule has 0 radical (unpaired) electrons. The molecule has 1 saturated carbocycles. The predicted octanol–water partition coefficient (Wildman–Crippen LogP) is 6.01. The summed E-state index contributed by atoms with van der Waals surface area (Å²) in [5, 5.41) is 1.23. The van der Waals surface area contributed by atoms with Crippen LogP contribution in [0.15, 0.2) is 42.6 Å². The molecular formula is C23H24N4. The number of pyridine rings is 1. The van der Waals surface area contributed by atoms with E-state index in [1.165, 1.54) is 43.1 Å². The highest BCUT2D eigenvalue weighted by Crippen LogP contribution is 2.30. The van der Waals surface area contributed by atoms with Gasteiger partial charge in [-0.2, -0.15) is 0 Å². The van der Waals surface area contributed by atoms with E-state index in [1.807, 2.05) is 19.2 Å². The summed E-state index contributed by atoms with van der Waals surface area (Å²) in [5.41, 5.74) is 6.38. The molecule has 1 aliphatic rings. The molecule has 3 aromatic heterocycles. The van der Waals surface area contributed by atoms with Crippen LogP contribution in [-0.4, -0.2) is 19.9 Å². The second-order valence-corrected chi connectivity index (χ2v) is 7.67. The van der Waals surface area contributed by atoms with Crippen LogP contribution in [-0.2, 0) is 0 Å². The summed E-state index contributed by atoms with van der Waals surface area (Å²) >= 11 is 0. The van der Waals surface area contributed by atoms with Crippen molar-refractivity contribution in [1.29, 1.82) is 0 Å². The standard InChI is InChI=1S/C23H24N4/c1-15-25-22-19(11-12-24-23(22)26-15)21-14-18-13-17(9-10-20(18)27-21)8-7-16-5-3-2-4-6-16/h7-14,16,27H,2-6H2,1H3,(H,24,25,26)/b8-7+. The normalized spacial score (nSPS) is 16.0. The predicted molar refractivity (Wildman–Crippen MR) is 112 cm³/mol. The fourth-order valence-electron chi connectivity index (χ4n) is 4.22. The van der Waals surface area contributed by atoms with E-state index in [0.717, 1.165) is 39.7 Å². The van der Waals surface area contributed by atoms with E-state index in [2.05, 4.69) is 56.4 Å². The van der Waals surface area contributed by atoms with E-state index in [9.17, 15) is 0 Å². The van der Waals surface area contributed by atoms with E-state index in [4.69, 9.17) is 0 Å². The molecule has 0 spiro atoms. The first-order valence-electron chi connectivity index (χ1n) is 9.89. The monoisotopic (exact) mass is 356 g/mol. The zero-order valence-electron chi connectivity index (χ0n) is 15.6. The highest BCUT2D eigenvalue weighted by molar-refractivity contribution is 5.94. The number of benzene rings is 1. The molecule has 0 bridgehead atoms. The van der Waals surface area contributed by atoms with Crippen LogP contribution in [0.2, 0.25) is 0 Å². The Balaban J connectivity index is 1.49. The molecule has 2 N–H and O–H groups in total. The van der Waals surface area contributed by atoms with Crippen LogP contribution in [0.4, 0.5) is 0 Å². The Morgan fingerprint density at radius 3 is 2.81 bits per heavy atom. The van der Waals surface area contributed by atoms with Gasteiger partial charge in [-0.25, -0.2) is 9.97 Å². The molecule has 0 amide bonds. The van der Waals surface area contributed by atoms with Crippen molar-refractivity contribution < 1.29 is 0 Å². The number of nitrogens with one attached hydrogen (secondary N) is 2. The van der Waals surface area contributed by atoms with E-state index in [1.54, 1.807) is 0 Å². The topological polar surface area (TPSA) is 57.4 Å². The van der Waals surface area contributed by atoms with Crippen LogP contribution in [0.25, 0.3) is 39.4 Å². The van der Waals surface area contributed by atoms with E-state index in [-0.39, 0.29) is 0 Å². The zero-order valence-corrected chi connectivity index (χ0v) is 15.6. The molecule has 136 valence electrons. The second kappa shape index (κ2) is 6.69. The first-order chi connectivity index (χ1) is 13.3.